The first-order valence-electron chi connectivity index (χ1n) is 5.64. The SMILES string of the molecule is C=CS(=O)(=O)C(C)(c1ccccc1S(=O)(=O)[O-])S(=O)(=O)C=C.[Na+]. The second-order valence-corrected chi connectivity index (χ2v) is 10.4. The van der Waals surface area contributed by atoms with Crippen molar-refractivity contribution in [1.82, 2.24) is 0 Å². The van der Waals surface area contributed by atoms with E-state index in [1.165, 1.54) is 12.1 Å². The summed E-state index contributed by atoms with van der Waals surface area (Å²) in [5.74, 6) is 0. The van der Waals surface area contributed by atoms with Crippen LogP contribution in [0.25, 0.3) is 0 Å². The van der Waals surface area contributed by atoms with Gasteiger partial charge in [0.05, 0.1) is 4.90 Å². The molecular weight excluding hydrogens is 375 g/mol. The summed E-state index contributed by atoms with van der Waals surface area (Å²) in [5.41, 5.74) is -0.676. The zero-order valence-electron chi connectivity index (χ0n) is 12.5. The maximum absolute atomic E-state index is 12.3. The molecule has 0 saturated heterocycles. The molecule has 0 spiro atoms. The zero-order valence-corrected chi connectivity index (χ0v) is 16.9. The van der Waals surface area contributed by atoms with Crippen LogP contribution in [-0.2, 0) is 33.9 Å². The Hall–Kier alpha value is -0.490. The van der Waals surface area contributed by atoms with Gasteiger partial charge in [-0.15, -0.1) is 0 Å². The molecule has 0 aromatic heterocycles. The van der Waals surface area contributed by atoms with Crippen molar-refractivity contribution in [2.24, 2.45) is 0 Å². The largest absolute Gasteiger partial charge is 1.00 e. The molecule has 1 rings (SSSR count). The topological polar surface area (TPSA) is 125 Å². The third kappa shape index (κ3) is 3.78. The van der Waals surface area contributed by atoms with Crippen molar-refractivity contribution in [3.8, 4) is 0 Å². The van der Waals surface area contributed by atoms with E-state index in [1.807, 2.05) is 0 Å². The summed E-state index contributed by atoms with van der Waals surface area (Å²) in [5, 5.41) is 0.782. The van der Waals surface area contributed by atoms with E-state index >= 15 is 0 Å². The molecule has 122 valence electrons. The molecule has 0 heterocycles. The molecule has 0 amide bonds. The van der Waals surface area contributed by atoms with Crippen LogP contribution in [0.15, 0.2) is 53.1 Å². The van der Waals surface area contributed by atoms with Gasteiger partial charge in [0.2, 0.25) is 4.08 Å². The summed E-state index contributed by atoms with van der Waals surface area (Å²) < 4.78 is 80.3. The Morgan fingerprint density at radius 3 is 1.70 bits per heavy atom. The minimum Gasteiger partial charge on any atom is -0.744 e. The summed E-state index contributed by atoms with van der Waals surface area (Å²) in [6.45, 7) is 6.88. The van der Waals surface area contributed by atoms with Gasteiger partial charge in [0, 0.05) is 16.4 Å². The summed E-state index contributed by atoms with van der Waals surface area (Å²) in [4.78, 5) is -0.937. The van der Waals surface area contributed by atoms with E-state index in [0.29, 0.717) is 10.8 Å². The first-order valence-corrected chi connectivity index (χ1v) is 10.1. The molecule has 23 heavy (non-hydrogen) atoms. The van der Waals surface area contributed by atoms with Crippen molar-refractivity contribution >= 4 is 29.8 Å². The smallest absolute Gasteiger partial charge is 0.744 e. The van der Waals surface area contributed by atoms with Gasteiger partial charge in [-0.2, -0.15) is 0 Å². The molecule has 0 aliphatic carbocycles. The molecule has 0 bridgehead atoms. The van der Waals surface area contributed by atoms with Crippen LogP contribution in [-0.4, -0.2) is 29.8 Å². The molecular formula is C12H13NaO7S3. The van der Waals surface area contributed by atoms with Crippen LogP contribution in [0, 0.1) is 0 Å². The Bertz CT molecular complexity index is 891. The summed E-state index contributed by atoms with van der Waals surface area (Å²) in [7, 11) is -14.2. The molecule has 0 aliphatic heterocycles. The quantitative estimate of drug-likeness (QED) is 0.403. The van der Waals surface area contributed by atoms with Gasteiger partial charge in [-0.05, 0) is 13.0 Å². The van der Waals surface area contributed by atoms with Crippen LogP contribution in [0.4, 0.5) is 0 Å². The van der Waals surface area contributed by atoms with Crippen molar-refractivity contribution in [3.63, 3.8) is 0 Å². The second-order valence-electron chi connectivity index (χ2n) is 4.32. The first-order chi connectivity index (χ1) is 9.85. The van der Waals surface area contributed by atoms with Gasteiger partial charge in [0.25, 0.3) is 0 Å². The van der Waals surface area contributed by atoms with Gasteiger partial charge in [-0.1, -0.05) is 31.4 Å². The predicted octanol–water partition coefficient (Wildman–Crippen LogP) is -2.12. The second kappa shape index (κ2) is 7.18. The van der Waals surface area contributed by atoms with E-state index in [0.717, 1.165) is 19.1 Å². The van der Waals surface area contributed by atoms with Gasteiger partial charge in [-0.3, -0.25) is 0 Å². The minimum atomic E-state index is -5.10. The van der Waals surface area contributed by atoms with Crippen LogP contribution in [0.5, 0.6) is 0 Å². The monoisotopic (exact) mass is 388 g/mol. The average Bonchev–Trinajstić information content (AvgIpc) is 2.45. The van der Waals surface area contributed by atoms with Gasteiger partial charge >= 0.3 is 29.6 Å². The Morgan fingerprint density at radius 1 is 0.957 bits per heavy atom. The number of hydrogen-bond donors (Lipinski definition) is 0. The van der Waals surface area contributed by atoms with Crippen LogP contribution >= 0.6 is 0 Å². The molecule has 1 aromatic carbocycles. The zero-order chi connectivity index (χ0) is 17.4. The summed E-state index contributed by atoms with van der Waals surface area (Å²) in [6, 6.07) is 4.19. The Balaban J connectivity index is 0.00000484. The van der Waals surface area contributed by atoms with Crippen molar-refractivity contribution in [2.75, 3.05) is 0 Å². The van der Waals surface area contributed by atoms with Gasteiger partial charge < -0.3 is 4.55 Å². The average molecular weight is 388 g/mol. The number of rotatable bonds is 6. The number of hydrogen-bond acceptors (Lipinski definition) is 7. The Labute approximate surface area is 158 Å². The van der Waals surface area contributed by atoms with Crippen LogP contribution in [0.1, 0.15) is 12.5 Å². The van der Waals surface area contributed by atoms with Gasteiger partial charge in [-0.25, -0.2) is 25.3 Å². The standard InChI is InChI=1S/C12H14O7S3.Na/c1-4-20(13,14)12(3,21(15,16)5-2)10-8-6-7-9-11(10)22(17,18)19;/h4-9H,1-2H2,3H3,(H,17,18,19);/q;+1/p-1. The van der Waals surface area contributed by atoms with Gasteiger partial charge in [0.15, 0.2) is 19.7 Å². The fourth-order valence-electron chi connectivity index (χ4n) is 1.85. The first kappa shape index (κ1) is 22.5. The molecule has 0 atom stereocenters. The van der Waals surface area contributed by atoms with E-state index in [9.17, 15) is 29.8 Å². The van der Waals surface area contributed by atoms with E-state index < -0.39 is 44.3 Å². The summed E-state index contributed by atoms with van der Waals surface area (Å²) >= 11 is 0. The van der Waals surface area contributed by atoms with Crippen molar-refractivity contribution < 1.29 is 59.4 Å². The predicted molar refractivity (Wildman–Crippen MR) is 80.0 cm³/mol. The molecule has 0 radical (unpaired) electrons. The van der Waals surface area contributed by atoms with E-state index in [2.05, 4.69) is 13.2 Å². The maximum Gasteiger partial charge on any atom is 1.00 e. The molecule has 1 aromatic rings. The fourth-order valence-corrected chi connectivity index (χ4v) is 6.07. The molecule has 7 nitrogen and oxygen atoms in total. The summed E-state index contributed by atoms with van der Waals surface area (Å²) in [6.07, 6.45) is 0. The number of sulfone groups is 2. The van der Waals surface area contributed by atoms with Gasteiger partial charge in [0.1, 0.15) is 10.1 Å². The molecule has 0 saturated carbocycles. The normalized spacial score (nSPS) is 13.0. The third-order valence-corrected chi connectivity index (χ3v) is 8.95. The van der Waals surface area contributed by atoms with Crippen LogP contribution in [0.2, 0.25) is 0 Å². The fraction of sp³-hybridized carbons (Fsp3) is 0.167. The molecule has 11 heteroatoms. The van der Waals surface area contributed by atoms with Crippen molar-refractivity contribution in [2.45, 2.75) is 15.9 Å². The van der Waals surface area contributed by atoms with E-state index in [1.54, 1.807) is 0 Å². The molecule has 0 fully saturated rings. The van der Waals surface area contributed by atoms with Crippen LogP contribution in [0.3, 0.4) is 0 Å². The van der Waals surface area contributed by atoms with Crippen LogP contribution < -0.4 is 29.6 Å². The minimum absolute atomic E-state index is 0. The molecule has 0 unspecified atom stereocenters. The number of benzene rings is 1. The van der Waals surface area contributed by atoms with Crippen molar-refractivity contribution in [3.05, 3.63) is 53.8 Å². The molecule has 0 aliphatic rings. The maximum atomic E-state index is 12.3. The van der Waals surface area contributed by atoms with E-state index in [-0.39, 0.29) is 29.6 Å². The Morgan fingerprint density at radius 2 is 1.35 bits per heavy atom. The Kier molecular flexibility index (Phi) is 7.02. The van der Waals surface area contributed by atoms with E-state index in [4.69, 9.17) is 0 Å². The molecule has 0 N–H and O–H groups in total. The third-order valence-electron chi connectivity index (χ3n) is 3.17. The van der Waals surface area contributed by atoms with Crippen molar-refractivity contribution in [1.29, 1.82) is 0 Å².